The minimum Gasteiger partial charge on any atom is -0.487 e. The first-order valence-corrected chi connectivity index (χ1v) is 30.9. The van der Waals surface area contributed by atoms with Gasteiger partial charge in [0.1, 0.15) is 105 Å². The van der Waals surface area contributed by atoms with Crippen molar-refractivity contribution < 1.29 is 62.8 Å². The van der Waals surface area contributed by atoms with E-state index < -0.39 is 30.3 Å². The Labute approximate surface area is 579 Å². The summed E-state index contributed by atoms with van der Waals surface area (Å²) < 4.78 is 17.5. The molecule has 9 heterocycles. The molecule has 101 heavy (non-hydrogen) atoms. The lowest BCUT2D eigenvalue weighted by atomic mass is 10.1. The van der Waals surface area contributed by atoms with Crippen LogP contribution in [0.4, 0.5) is 55.1 Å². The summed E-state index contributed by atoms with van der Waals surface area (Å²) in [5.41, 5.74) is 3.07. The first kappa shape index (κ1) is 75.8. The van der Waals surface area contributed by atoms with Crippen molar-refractivity contribution in [1.82, 2.24) is 64.3 Å². The van der Waals surface area contributed by atoms with Gasteiger partial charge < -0.3 is 39.5 Å². The highest BCUT2D eigenvalue weighted by atomic mass is 16.5. The van der Waals surface area contributed by atoms with E-state index in [1.165, 1.54) is 72.5 Å². The molecule has 2 aliphatic rings. The van der Waals surface area contributed by atoms with Gasteiger partial charge in [0, 0.05) is 122 Å². The van der Waals surface area contributed by atoms with E-state index in [2.05, 4.69) is 61.3 Å². The Morgan fingerprint density at radius 2 is 1.08 bits per heavy atom. The summed E-state index contributed by atoms with van der Waals surface area (Å²) in [5.74, 6) is 1.22. The maximum absolute atomic E-state index is 12.8. The molecule has 0 aliphatic carbocycles. The van der Waals surface area contributed by atoms with E-state index in [1.807, 2.05) is 42.1 Å². The first-order valence-electron chi connectivity index (χ1n) is 30.9. The number of amides is 8. The minimum atomic E-state index is -0.588. The average Bonchev–Trinajstić information content (AvgIpc) is 1.64. The fourth-order valence-corrected chi connectivity index (χ4v) is 9.25. The van der Waals surface area contributed by atoms with Crippen molar-refractivity contribution in [3.63, 3.8) is 0 Å². The van der Waals surface area contributed by atoms with Gasteiger partial charge in [-0.3, -0.25) is 64.4 Å². The fraction of sp³-hybridized carbons (Fsp3) is 0.338. The molecule has 0 aromatic carbocycles. The topological polar surface area (TPSA) is 455 Å². The highest BCUT2D eigenvalue weighted by Gasteiger charge is 2.27. The molecule has 0 unspecified atom stereocenters. The maximum Gasteiger partial charge on any atom is 0.329 e. The Balaban J connectivity index is 0.000000213. The smallest absolute Gasteiger partial charge is 0.329 e. The number of urea groups is 3. The van der Waals surface area contributed by atoms with Crippen LogP contribution in [0.2, 0.25) is 0 Å². The Morgan fingerprint density at radius 1 is 0.624 bits per heavy atom. The summed E-state index contributed by atoms with van der Waals surface area (Å²) in [7, 11) is 9.73. The van der Waals surface area contributed by atoms with Gasteiger partial charge in [-0.2, -0.15) is 20.9 Å². The number of hydrogen-bond acceptors (Lipinski definition) is 27. The van der Waals surface area contributed by atoms with Gasteiger partial charge in [0.15, 0.2) is 18.9 Å². The number of nitrogens with one attached hydrogen (secondary N) is 4. The standard InChI is InChI=1S/2C23H27N7O5.C19H19N9O3/c2*1-15(13-31)35-19-8-20(25-10-17(19)9-24)27-23(34)29(3)21-5-4-16(18(14-32)26-21)11-30-7-6-28(2)12-22(30)33;1-27(18-23-11-16(15(12-29)25-18)28-6-3-4-24-28)19(30)26-17-8-14(21-5-7-31-2)13(9-20)10-22-17/h2*4-5,8,10,14-15,31H,6-7,11-13H2,1-3H3,(H,25,27,34);3-4,6,8,10-12H,5,7H2,1-2H3,(H2,21,22,26,30)/t2*15-;/m10./s1. The van der Waals surface area contributed by atoms with Crippen LogP contribution in [-0.2, 0) is 27.4 Å². The van der Waals surface area contributed by atoms with E-state index in [0.29, 0.717) is 86.3 Å². The van der Waals surface area contributed by atoms with E-state index >= 15 is 0 Å². The van der Waals surface area contributed by atoms with Crippen molar-refractivity contribution in [3.8, 4) is 35.4 Å². The molecule has 2 fully saturated rings. The van der Waals surface area contributed by atoms with Crippen LogP contribution in [0.3, 0.4) is 0 Å². The van der Waals surface area contributed by atoms with Crippen LogP contribution in [0.25, 0.3) is 5.69 Å². The second-order valence-electron chi connectivity index (χ2n) is 22.5. The highest BCUT2D eigenvalue weighted by Crippen LogP contribution is 2.26. The number of methoxy groups -OCH3 is 1. The van der Waals surface area contributed by atoms with Crippen LogP contribution < -0.4 is 45.4 Å². The van der Waals surface area contributed by atoms with Crippen LogP contribution in [0, 0.1) is 34.0 Å². The lowest BCUT2D eigenvalue weighted by Gasteiger charge is -2.32. The molecule has 0 spiro atoms. The molecule has 7 aromatic heterocycles. The number of aliphatic hydroxyl groups is 2. The van der Waals surface area contributed by atoms with Gasteiger partial charge in [0.05, 0.1) is 62.8 Å². The summed E-state index contributed by atoms with van der Waals surface area (Å²) >= 11 is 0. The zero-order valence-corrected chi connectivity index (χ0v) is 56.3. The van der Waals surface area contributed by atoms with Crippen molar-refractivity contribution in [2.75, 3.05) is 144 Å². The molecule has 6 N–H and O–H groups in total. The molecule has 2 atom stereocenters. The number of anilines is 7. The van der Waals surface area contributed by atoms with Gasteiger partial charge in [-0.15, -0.1) is 0 Å². The molecule has 2 aliphatic heterocycles. The normalized spacial score (nSPS) is 13.3. The number of ether oxygens (including phenoxy) is 3. The van der Waals surface area contributed by atoms with Crippen molar-refractivity contribution in [3.05, 3.63) is 131 Å². The maximum atomic E-state index is 12.8. The lowest BCUT2D eigenvalue weighted by Crippen LogP contribution is -2.48. The van der Waals surface area contributed by atoms with Gasteiger partial charge in [-0.25, -0.2) is 54.0 Å². The molecule has 2 saturated heterocycles. The average molecular weight is 1380 g/mol. The van der Waals surface area contributed by atoms with E-state index in [1.54, 1.807) is 79.5 Å². The summed E-state index contributed by atoms with van der Waals surface area (Å²) in [6.07, 6.45) is 9.13. The van der Waals surface area contributed by atoms with E-state index in [4.69, 9.17) is 14.2 Å². The van der Waals surface area contributed by atoms with Crippen molar-refractivity contribution in [2.24, 2.45) is 0 Å². The molecule has 0 saturated carbocycles. The number of nitriles is 3. The zero-order valence-electron chi connectivity index (χ0n) is 56.3. The third-order valence-electron chi connectivity index (χ3n) is 15.0. The molecule has 36 nitrogen and oxygen atoms in total. The van der Waals surface area contributed by atoms with Crippen LogP contribution in [0.5, 0.6) is 11.5 Å². The predicted octanol–water partition coefficient (Wildman–Crippen LogP) is 3.19. The number of pyridine rings is 5. The number of piperazine rings is 2. The van der Waals surface area contributed by atoms with Gasteiger partial charge >= 0.3 is 18.1 Å². The third-order valence-corrected chi connectivity index (χ3v) is 15.0. The second kappa shape index (κ2) is 36.7. The number of nitrogens with zero attached hydrogens (tertiary/aromatic N) is 19. The monoisotopic (exact) mass is 1380 g/mol. The van der Waals surface area contributed by atoms with Gasteiger partial charge in [-0.1, -0.05) is 12.1 Å². The largest absolute Gasteiger partial charge is 0.487 e. The summed E-state index contributed by atoms with van der Waals surface area (Å²) in [6, 6.07) is 16.7. The molecule has 7 aromatic rings. The van der Waals surface area contributed by atoms with Gasteiger partial charge in [-0.05, 0) is 46.1 Å². The van der Waals surface area contributed by atoms with Crippen LogP contribution in [-0.4, -0.2) is 243 Å². The Kier molecular flexibility index (Phi) is 27.6. The fourth-order valence-electron chi connectivity index (χ4n) is 9.25. The number of hydrogen-bond donors (Lipinski definition) is 6. The van der Waals surface area contributed by atoms with Crippen molar-refractivity contribution >= 4 is 89.5 Å². The Morgan fingerprint density at radius 3 is 1.50 bits per heavy atom. The quantitative estimate of drug-likeness (QED) is 0.0374. The molecular weight excluding hydrogens is 1310 g/mol. The van der Waals surface area contributed by atoms with Gasteiger partial charge in [0.25, 0.3) is 0 Å². The Hall–Kier alpha value is -12.5. The first-order chi connectivity index (χ1) is 48.6. The Bertz CT molecular complexity index is 4080. The number of aliphatic hydroxyl groups excluding tert-OH is 2. The molecule has 8 amide bonds. The predicted molar refractivity (Wildman–Crippen MR) is 363 cm³/mol. The zero-order chi connectivity index (χ0) is 73.3. The summed E-state index contributed by atoms with van der Waals surface area (Å²) in [5, 5.41) is 61.0. The lowest BCUT2D eigenvalue weighted by molar-refractivity contribution is -0.136. The number of likely N-dealkylation sites (N-methyl/N-ethyl adjacent to an activating group) is 2. The minimum absolute atomic E-state index is 0.0163. The second-order valence-corrected chi connectivity index (χ2v) is 22.5. The van der Waals surface area contributed by atoms with E-state index in [-0.39, 0.29) is 113 Å². The van der Waals surface area contributed by atoms with Crippen LogP contribution in [0.15, 0.2) is 85.7 Å². The molecule has 9 rings (SSSR count). The van der Waals surface area contributed by atoms with Crippen LogP contribution >= 0.6 is 0 Å². The van der Waals surface area contributed by atoms with Crippen molar-refractivity contribution in [2.45, 2.75) is 39.1 Å². The molecular formula is C65H73N23O13. The molecule has 0 radical (unpaired) electrons. The third kappa shape index (κ3) is 20.8. The molecule has 0 bridgehead atoms. The molecule has 526 valence electrons. The van der Waals surface area contributed by atoms with E-state index in [0.717, 1.165) is 18.0 Å². The number of carbonyl (C=O) groups is 8. The number of aromatic nitrogens is 9. The number of aldehydes is 3. The summed E-state index contributed by atoms with van der Waals surface area (Å²) in [4.78, 5) is 137. The number of rotatable bonds is 24. The highest BCUT2D eigenvalue weighted by molar-refractivity contribution is 6.02. The van der Waals surface area contributed by atoms with E-state index in [9.17, 15) is 64.4 Å². The summed E-state index contributed by atoms with van der Waals surface area (Å²) in [6.45, 7) is 7.44. The van der Waals surface area contributed by atoms with Gasteiger partial charge in [0.2, 0.25) is 17.8 Å². The van der Waals surface area contributed by atoms with Crippen LogP contribution in [0.1, 0.15) is 73.1 Å². The SMILES string of the molecule is COCCNc1cc(NC(=O)N(C)c2ncc(-n3cccn3)c(C=O)n2)ncc1C#N.C[C@@H](CO)Oc1cc(NC(=O)N(C)c2ccc(CN3CCN(C)CC3=O)c(C=O)n2)ncc1C#N.C[C@H](CO)Oc1cc(NC(=O)N(C)c2ccc(CN3CCN(C)CC3=O)c(C=O)n2)ncc1C#N. The number of carbonyl (C=O) groups excluding carboxylic acids is 8. The molecule has 36 heteroatoms. The van der Waals surface area contributed by atoms with Crippen molar-refractivity contribution in [1.29, 1.82) is 15.8 Å².